The van der Waals surface area contributed by atoms with E-state index in [2.05, 4.69) is 90.6 Å². The Morgan fingerprint density at radius 2 is 1.64 bits per heavy atom. The molecule has 0 saturated heterocycles. The zero-order valence-corrected chi connectivity index (χ0v) is 14.3. The van der Waals surface area contributed by atoms with Gasteiger partial charge in [0.25, 0.3) is 0 Å². The predicted molar refractivity (Wildman–Crippen MR) is 103 cm³/mol. The molecule has 3 heterocycles. The van der Waals surface area contributed by atoms with Crippen LogP contribution in [-0.4, -0.2) is 9.55 Å². The Morgan fingerprint density at radius 1 is 0.880 bits per heavy atom. The van der Waals surface area contributed by atoms with Crippen molar-refractivity contribution in [2.45, 2.75) is 19.3 Å². The van der Waals surface area contributed by atoms with Crippen molar-refractivity contribution in [3.8, 4) is 5.69 Å². The van der Waals surface area contributed by atoms with Gasteiger partial charge in [-0.25, -0.2) is 4.98 Å². The van der Waals surface area contributed by atoms with E-state index in [4.69, 9.17) is 4.98 Å². The zero-order chi connectivity index (χ0) is 17.0. The minimum Gasteiger partial charge on any atom is -0.340 e. The molecule has 0 fully saturated rings. The van der Waals surface area contributed by atoms with Crippen molar-refractivity contribution < 1.29 is 0 Å². The van der Waals surface area contributed by atoms with Gasteiger partial charge in [0.15, 0.2) is 0 Å². The van der Waals surface area contributed by atoms with Crippen molar-refractivity contribution in [2.75, 3.05) is 5.32 Å². The second-order valence-corrected chi connectivity index (χ2v) is 7.11. The highest BCUT2D eigenvalue weighted by Crippen LogP contribution is 2.45. The lowest BCUT2D eigenvalue weighted by Gasteiger charge is -2.35. The van der Waals surface area contributed by atoms with E-state index in [1.54, 1.807) is 0 Å². The quantitative estimate of drug-likeness (QED) is 0.507. The number of para-hydroxylation sites is 2. The summed E-state index contributed by atoms with van der Waals surface area (Å²) in [7, 11) is 0. The first kappa shape index (κ1) is 14.3. The fraction of sp³-hybridized carbons (Fsp3) is 0.136. The van der Waals surface area contributed by atoms with Crippen molar-refractivity contribution in [1.29, 1.82) is 0 Å². The fourth-order valence-corrected chi connectivity index (χ4v) is 3.85. The molecule has 0 radical (unpaired) electrons. The first-order chi connectivity index (χ1) is 12.1. The molecule has 2 aromatic carbocycles. The van der Waals surface area contributed by atoms with E-state index < -0.39 is 0 Å². The smallest absolute Gasteiger partial charge is 0.135 e. The Morgan fingerprint density at radius 3 is 2.48 bits per heavy atom. The molecule has 3 nitrogen and oxygen atoms in total. The number of aromatic nitrogens is 2. The zero-order valence-electron chi connectivity index (χ0n) is 14.3. The molecule has 0 atom stereocenters. The van der Waals surface area contributed by atoms with Gasteiger partial charge in [0.05, 0.1) is 11.0 Å². The summed E-state index contributed by atoms with van der Waals surface area (Å²) in [5, 5.41) is 3.52. The van der Waals surface area contributed by atoms with Crippen LogP contribution in [0.2, 0.25) is 0 Å². The van der Waals surface area contributed by atoms with Crippen molar-refractivity contribution in [3.05, 3.63) is 84.1 Å². The highest BCUT2D eigenvalue weighted by molar-refractivity contribution is 5.85. The largest absolute Gasteiger partial charge is 0.340 e. The summed E-state index contributed by atoms with van der Waals surface area (Å²) in [6.07, 6.45) is 2.10. The minimum absolute atomic E-state index is 0.0931. The number of benzene rings is 2. The molecule has 1 N–H and O–H groups in total. The number of nitrogens with zero attached hydrogens (tertiary/aromatic N) is 2. The topological polar surface area (TPSA) is 29.9 Å². The number of anilines is 2. The lowest BCUT2D eigenvalue weighted by molar-refractivity contribution is 0.635. The van der Waals surface area contributed by atoms with Gasteiger partial charge in [-0.1, -0.05) is 50.2 Å². The Kier molecular flexibility index (Phi) is 2.84. The Bertz CT molecular complexity index is 1090. The third-order valence-corrected chi connectivity index (χ3v) is 5.23. The highest BCUT2D eigenvalue weighted by Gasteiger charge is 2.33. The molecule has 0 saturated carbocycles. The molecule has 4 aromatic rings. The van der Waals surface area contributed by atoms with Gasteiger partial charge in [0, 0.05) is 28.6 Å². The molecule has 1 aliphatic rings. The standard InChI is InChI=1S/C22H19N3/c1-22(2)16-10-6-7-11-18(16)23-21-17(22)14-20-19(24-21)12-13-25(20)15-8-4-3-5-9-15/h3-14H,1-2H3,(H,23,24). The molecule has 122 valence electrons. The molecule has 0 bridgehead atoms. The normalized spacial score (nSPS) is 14.6. The van der Waals surface area contributed by atoms with Crippen LogP contribution >= 0.6 is 0 Å². The number of rotatable bonds is 1. The van der Waals surface area contributed by atoms with E-state index in [1.807, 2.05) is 6.07 Å². The maximum Gasteiger partial charge on any atom is 0.135 e. The fourth-order valence-electron chi connectivity index (χ4n) is 3.85. The summed E-state index contributed by atoms with van der Waals surface area (Å²) in [6.45, 7) is 4.55. The van der Waals surface area contributed by atoms with Gasteiger partial charge < -0.3 is 9.88 Å². The van der Waals surface area contributed by atoms with Gasteiger partial charge in [-0.05, 0) is 35.9 Å². The van der Waals surface area contributed by atoms with Gasteiger partial charge in [0.1, 0.15) is 5.82 Å². The van der Waals surface area contributed by atoms with Crippen LogP contribution < -0.4 is 5.32 Å². The molecule has 2 aromatic heterocycles. The van der Waals surface area contributed by atoms with Crippen LogP contribution in [0.25, 0.3) is 16.7 Å². The summed E-state index contributed by atoms with van der Waals surface area (Å²) in [6, 6.07) is 23.3. The molecule has 0 spiro atoms. The van der Waals surface area contributed by atoms with Gasteiger partial charge in [-0.2, -0.15) is 0 Å². The number of hydrogen-bond acceptors (Lipinski definition) is 2. The van der Waals surface area contributed by atoms with Crippen LogP contribution in [0.15, 0.2) is 72.9 Å². The lowest BCUT2D eigenvalue weighted by atomic mass is 9.75. The van der Waals surface area contributed by atoms with E-state index in [9.17, 15) is 0 Å². The molecule has 0 aliphatic carbocycles. The SMILES string of the molecule is CC1(C)c2ccccc2Nc2nc3ccn(-c4ccccc4)c3cc21. The van der Waals surface area contributed by atoms with E-state index in [0.29, 0.717) is 0 Å². The highest BCUT2D eigenvalue weighted by atomic mass is 15.0. The lowest BCUT2D eigenvalue weighted by Crippen LogP contribution is -2.26. The number of pyridine rings is 1. The van der Waals surface area contributed by atoms with E-state index in [-0.39, 0.29) is 5.41 Å². The molecular weight excluding hydrogens is 306 g/mol. The summed E-state index contributed by atoms with van der Waals surface area (Å²) < 4.78 is 2.21. The monoisotopic (exact) mass is 325 g/mol. The minimum atomic E-state index is -0.0931. The molecule has 25 heavy (non-hydrogen) atoms. The summed E-state index contributed by atoms with van der Waals surface area (Å²) in [5.74, 6) is 0.960. The maximum atomic E-state index is 4.92. The van der Waals surface area contributed by atoms with Crippen LogP contribution in [-0.2, 0) is 5.41 Å². The van der Waals surface area contributed by atoms with Crippen molar-refractivity contribution in [2.24, 2.45) is 0 Å². The average molecular weight is 325 g/mol. The van der Waals surface area contributed by atoms with Crippen LogP contribution in [0, 0.1) is 0 Å². The van der Waals surface area contributed by atoms with Gasteiger partial charge >= 0.3 is 0 Å². The molecule has 0 amide bonds. The third-order valence-electron chi connectivity index (χ3n) is 5.23. The Labute approximate surface area is 147 Å². The maximum absolute atomic E-state index is 4.92. The van der Waals surface area contributed by atoms with Crippen molar-refractivity contribution in [1.82, 2.24) is 9.55 Å². The second-order valence-electron chi connectivity index (χ2n) is 7.11. The van der Waals surface area contributed by atoms with Crippen LogP contribution in [0.4, 0.5) is 11.5 Å². The predicted octanol–water partition coefficient (Wildman–Crippen LogP) is 5.41. The summed E-state index contributed by atoms with van der Waals surface area (Å²) >= 11 is 0. The van der Waals surface area contributed by atoms with Crippen LogP contribution in [0.1, 0.15) is 25.0 Å². The Hall–Kier alpha value is -3.07. The molecule has 0 unspecified atom stereocenters. The van der Waals surface area contributed by atoms with Crippen LogP contribution in [0.5, 0.6) is 0 Å². The Balaban J connectivity index is 1.76. The average Bonchev–Trinajstić information content (AvgIpc) is 3.04. The van der Waals surface area contributed by atoms with Crippen molar-refractivity contribution >= 4 is 22.5 Å². The van der Waals surface area contributed by atoms with Crippen molar-refractivity contribution in [3.63, 3.8) is 0 Å². The van der Waals surface area contributed by atoms with Gasteiger partial charge in [-0.15, -0.1) is 0 Å². The molecule has 1 aliphatic heterocycles. The summed E-state index contributed by atoms with van der Waals surface area (Å²) in [5.41, 5.74) is 6.89. The summed E-state index contributed by atoms with van der Waals surface area (Å²) in [4.78, 5) is 4.92. The van der Waals surface area contributed by atoms with E-state index >= 15 is 0 Å². The molecule has 3 heteroatoms. The van der Waals surface area contributed by atoms with Crippen LogP contribution in [0.3, 0.4) is 0 Å². The first-order valence-corrected chi connectivity index (χ1v) is 8.59. The second kappa shape index (κ2) is 4.96. The number of hydrogen-bond donors (Lipinski definition) is 1. The van der Waals surface area contributed by atoms with E-state index in [0.717, 1.165) is 28.2 Å². The van der Waals surface area contributed by atoms with Gasteiger partial charge in [0.2, 0.25) is 0 Å². The van der Waals surface area contributed by atoms with Gasteiger partial charge in [-0.3, -0.25) is 0 Å². The number of fused-ring (bicyclic) bond motifs is 3. The molecule has 5 rings (SSSR count). The molecular formula is C22H19N3. The first-order valence-electron chi connectivity index (χ1n) is 8.59. The third kappa shape index (κ3) is 2.02. The number of nitrogens with one attached hydrogen (secondary N) is 1. The van der Waals surface area contributed by atoms with E-state index in [1.165, 1.54) is 11.1 Å².